The molecule has 108 valence electrons. The molecule has 0 bridgehead atoms. The number of aryl methyl sites for hydroxylation is 1. The number of hydrogen-bond acceptors (Lipinski definition) is 4. The minimum Gasteiger partial charge on any atom is -0.386 e. The number of nitrogens with one attached hydrogen (secondary N) is 1. The number of sulfonamides is 1. The molecule has 2 aromatic rings. The molecule has 1 aromatic heterocycles. The molecule has 0 aliphatic heterocycles. The lowest BCUT2D eigenvalue weighted by atomic mass is 10.2. The van der Waals surface area contributed by atoms with E-state index in [0.717, 1.165) is 4.88 Å². The van der Waals surface area contributed by atoms with E-state index in [4.69, 9.17) is 11.6 Å². The molecule has 0 aliphatic rings. The second kappa shape index (κ2) is 6.24. The molecule has 0 aliphatic carbocycles. The molecule has 0 saturated carbocycles. The molecule has 0 spiro atoms. The van der Waals surface area contributed by atoms with Gasteiger partial charge in [0.25, 0.3) is 0 Å². The van der Waals surface area contributed by atoms with Gasteiger partial charge in [0.2, 0.25) is 10.0 Å². The van der Waals surface area contributed by atoms with Crippen molar-refractivity contribution in [3.05, 3.63) is 51.2 Å². The average Bonchev–Trinajstić information content (AvgIpc) is 2.93. The van der Waals surface area contributed by atoms with Crippen molar-refractivity contribution in [2.45, 2.75) is 17.9 Å². The van der Waals surface area contributed by atoms with Crippen LogP contribution in [0, 0.1) is 6.92 Å². The third-order valence-corrected chi connectivity index (χ3v) is 5.55. The molecular formula is C13H14ClNO3S2. The summed E-state index contributed by atoms with van der Waals surface area (Å²) in [7, 11) is -3.69. The summed E-state index contributed by atoms with van der Waals surface area (Å²) in [4.78, 5) is 0.846. The van der Waals surface area contributed by atoms with Gasteiger partial charge in [-0.05, 0) is 36.1 Å². The van der Waals surface area contributed by atoms with E-state index in [0.29, 0.717) is 10.6 Å². The van der Waals surface area contributed by atoms with Crippen LogP contribution in [0.15, 0.2) is 40.6 Å². The summed E-state index contributed by atoms with van der Waals surface area (Å²) in [6.07, 6.45) is -0.857. The Balaban J connectivity index is 2.13. The van der Waals surface area contributed by atoms with Crippen molar-refractivity contribution in [2.75, 3.05) is 6.54 Å². The van der Waals surface area contributed by atoms with Gasteiger partial charge in [0.15, 0.2) is 0 Å². The number of halogens is 1. The van der Waals surface area contributed by atoms with Crippen molar-refractivity contribution >= 4 is 33.0 Å². The Morgan fingerprint density at radius 1 is 1.40 bits per heavy atom. The maximum absolute atomic E-state index is 12.2. The maximum Gasteiger partial charge on any atom is 0.240 e. The molecule has 1 atom stereocenters. The van der Waals surface area contributed by atoms with E-state index in [1.165, 1.54) is 17.4 Å². The zero-order valence-electron chi connectivity index (χ0n) is 10.7. The monoisotopic (exact) mass is 331 g/mol. The predicted octanol–water partition coefficient (Wildman–Crippen LogP) is 2.72. The standard InChI is InChI=1S/C13H14ClNO3S2/c1-9-4-5-10(14)7-13(9)20(17,18)15-8-11(16)12-3-2-6-19-12/h2-7,11,15-16H,8H2,1H3. The summed E-state index contributed by atoms with van der Waals surface area (Å²) < 4.78 is 26.8. The first-order valence-electron chi connectivity index (χ1n) is 5.87. The quantitative estimate of drug-likeness (QED) is 0.885. The molecule has 0 amide bonds. The number of benzene rings is 1. The van der Waals surface area contributed by atoms with E-state index in [2.05, 4.69) is 4.72 Å². The number of aliphatic hydroxyl groups excluding tert-OH is 1. The summed E-state index contributed by atoms with van der Waals surface area (Å²) in [5, 5.41) is 12.1. The Hall–Kier alpha value is -0.920. The first-order valence-corrected chi connectivity index (χ1v) is 8.61. The van der Waals surface area contributed by atoms with Crippen molar-refractivity contribution < 1.29 is 13.5 Å². The van der Waals surface area contributed by atoms with Gasteiger partial charge in [0, 0.05) is 16.4 Å². The molecule has 0 radical (unpaired) electrons. The Labute approximate surface area is 127 Å². The van der Waals surface area contributed by atoms with Crippen molar-refractivity contribution in [3.63, 3.8) is 0 Å². The summed E-state index contributed by atoms with van der Waals surface area (Å²) >= 11 is 7.20. The summed E-state index contributed by atoms with van der Waals surface area (Å²) in [6.45, 7) is 1.62. The second-order valence-corrected chi connectivity index (χ2v) is 7.44. The fourth-order valence-electron chi connectivity index (χ4n) is 1.71. The fourth-order valence-corrected chi connectivity index (χ4v) is 3.97. The Kier molecular flexibility index (Phi) is 4.82. The lowest BCUT2D eigenvalue weighted by Gasteiger charge is -2.12. The van der Waals surface area contributed by atoms with E-state index in [9.17, 15) is 13.5 Å². The van der Waals surface area contributed by atoms with Gasteiger partial charge in [-0.2, -0.15) is 0 Å². The zero-order chi connectivity index (χ0) is 14.8. The van der Waals surface area contributed by atoms with E-state index >= 15 is 0 Å². The van der Waals surface area contributed by atoms with Crippen LogP contribution in [0.3, 0.4) is 0 Å². The van der Waals surface area contributed by atoms with Crippen LogP contribution < -0.4 is 4.72 Å². The first-order chi connectivity index (χ1) is 9.40. The van der Waals surface area contributed by atoms with E-state index in [1.54, 1.807) is 31.2 Å². The van der Waals surface area contributed by atoms with Crippen molar-refractivity contribution in [1.82, 2.24) is 4.72 Å². The molecule has 7 heteroatoms. The van der Waals surface area contributed by atoms with E-state index in [1.807, 2.05) is 5.38 Å². The van der Waals surface area contributed by atoms with Crippen LogP contribution in [-0.4, -0.2) is 20.1 Å². The van der Waals surface area contributed by atoms with Gasteiger partial charge < -0.3 is 5.11 Å². The van der Waals surface area contributed by atoms with Gasteiger partial charge in [0.1, 0.15) is 6.10 Å². The fraction of sp³-hybridized carbons (Fsp3) is 0.231. The minimum absolute atomic E-state index is 0.0746. The van der Waals surface area contributed by atoms with Gasteiger partial charge >= 0.3 is 0 Å². The molecule has 2 rings (SSSR count). The van der Waals surface area contributed by atoms with E-state index in [-0.39, 0.29) is 11.4 Å². The van der Waals surface area contributed by atoms with Crippen molar-refractivity contribution in [1.29, 1.82) is 0 Å². The van der Waals surface area contributed by atoms with Crippen LogP contribution >= 0.6 is 22.9 Å². The maximum atomic E-state index is 12.2. The Morgan fingerprint density at radius 2 is 2.15 bits per heavy atom. The highest BCUT2D eigenvalue weighted by Crippen LogP contribution is 2.22. The van der Waals surface area contributed by atoms with Crippen molar-refractivity contribution in [2.24, 2.45) is 0 Å². The molecule has 0 saturated heterocycles. The van der Waals surface area contributed by atoms with Crippen LogP contribution in [0.5, 0.6) is 0 Å². The third-order valence-electron chi connectivity index (χ3n) is 2.78. The smallest absolute Gasteiger partial charge is 0.240 e. The van der Waals surface area contributed by atoms with Gasteiger partial charge in [-0.25, -0.2) is 13.1 Å². The van der Waals surface area contributed by atoms with Crippen LogP contribution in [0.2, 0.25) is 5.02 Å². The van der Waals surface area contributed by atoms with Gasteiger partial charge in [-0.1, -0.05) is 23.7 Å². The van der Waals surface area contributed by atoms with Crippen molar-refractivity contribution in [3.8, 4) is 0 Å². The molecule has 4 nitrogen and oxygen atoms in total. The minimum atomic E-state index is -3.69. The lowest BCUT2D eigenvalue weighted by molar-refractivity contribution is 0.186. The van der Waals surface area contributed by atoms with Crippen LogP contribution in [-0.2, 0) is 10.0 Å². The lowest BCUT2D eigenvalue weighted by Crippen LogP contribution is -2.28. The molecular weight excluding hydrogens is 318 g/mol. The number of rotatable bonds is 5. The molecule has 2 N–H and O–H groups in total. The number of thiophene rings is 1. The molecule has 1 aromatic carbocycles. The summed E-state index contributed by atoms with van der Waals surface area (Å²) in [5.74, 6) is 0. The van der Waals surface area contributed by atoms with Crippen LogP contribution in [0.4, 0.5) is 0 Å². The number of hydrogen-bond donors (Lipinski definition) is 2. The highest BCUT2D eigenvalue weighted by molar-refractivity contribution is 7.89. The molecule has 20 heavy (non-hydrogen) atoms. The highest BCUT2D eigenvalue weighted by Gasteiger charge is 2.19. The summed E-state index contributed by atoms with van der Waals surface area (Å²) in [6, 6.07) is 8.24. The normalized spacial score (nSPS) is 13.3. The Bertz CT molecular complexity index is 684. The molecule has 1 heterocycles. The third kappa shape index (κ3) is 3.59. The SMILES string of the molecule is Cc1ccc(Cl)cc1S(=O)(=O)NCC(O)c1cccs1. The largest absolute Gasteiger partial charge is 0.386 e. The predicted molar refractivity (Wildman–Crippen MR) is 80.7 cm³/mol. The first kappa shape index (κ1) is 15.5. The molecule has 0 fully saturated rings. The topological polar surface area (TPSA) is 66.4 Å². The average molecular weight is 332 g/mol. The van der Waals surface area contributed by atoms with Crippen LogP contribution in [0.1, 0.15) is 16.5 Å². The molecule has 1 unspecified atom stereocenters. The van der Waals surface area contributed by atoms with Crippen LogP contribution in [0.25, 0.3) is 0 Å². The number of aliphatic hydroxyl groups is 1. The second-order valence-electron chi connectivity index (χ2n) is 4.29. The van der Waals surface area contributed by atoms with E-state index < -0.39 is 16.1 Å². The van der Waals surface area contributed by atoms with Gasteiger partial charge in [-0.15, -0.1) is 11.3 Å². The zero-order valence-corrected chi connectivity index (χ0v) is 13.1. The highest BCUT2D eigenvalue weighted by atomic mass is 35.5. The Morgan fingerprint density at radius 3 is 2.80 bits per heavy atom. The summed E-state index contributed by atoms with van der Waals surface area (Å²) in [5.41, 5.74) is 0.604. The van der Waals surface area contributed by atoms with Gasteiger partial charge in [0.05, 0.1) is 4.90 Å². The van der Waals surface area contributed by atoms with Gasteiger partial charge in [-0.3, -0.25) is 0 Å².